The number of carbonyl (C=O) groups excluding carboxylic acids is 2. The maximum atomic E-state index is 12.5. The van der Waals surface area contributed by atoms with Crippen molar-refractivity contribution in [1.29, 1.82) is 0 Å². The number of hydrogen-bond acceptors (Lipinski definition) is 8. The fraction of sp³-hybridized carbons (Fsp3) is 0.737. The molecule has 278 valence electrons. The molecule has 10 heteroatoms. The molecule has 0 aromatic carbocycles. The normalized spacial score (nSPS) is 14.0. The van der Waals surface area contributed by atoms with Crippen LogP contribution in [0.4, 0.5) is 0 Å². The van der Waals surface area contributed by atoms with Gasteiger partial charge in [-0.3, -0.25) is 18.6 Å². The van der Waals surface area contributed by atoms with Gasteiger partial charge in [0, 0.05) is 19.4 Å². The molecule has 0 aromatic rings. The van der Waals surface area contributed by atoms with Gasteiger partial charge in [-0.25, -0.2) is 4.57 Å². The van der Waals surface area contributed by atoms with E-state index in [0.29, 0.717) is 12.8 Å². The molecular formula is C38H68NO8P. The summed E-state index contributed by atoms with van der Waals surface area (Å²) >= 11 is 0. The van der Waals surface area contributed by atoms with E-state index in [1.54, 1.807) is 0 Å². The number of esters is 2. The highest BCUT2D eigenvalue weighted by Gasteiger charge is 2.25. The van der Waals surface area contributed by atoms with Gasteiger partial charge in [-0.05, 0) is 32.1 Å². The van der Waals surface area contributed by atoms with Crippen molar-refractivity contribution in [3.63, 3.8) is 0 Å². The molecule has 0 amide bonds. The van der Waals surface area contributed by atoms with Crippen molar-refractivity contribution in [1.82, 2.24) is 0 Å². The molecule has 0 fully saturated rings. The molecule has 3 N–H and O–H groups in total. The molecule has 1 unspecified atom stereocenters. The lowest BCUT2D eigenvalue weighted by Crippen LogP contribution is -2.29. The van der Waals surface area contributed by atoms with E-state index in [9.17, 15) is 19.0 Å². The number of hydrogen-bond donors (Lipinski definition) is 2. The third-order valence-electron chi connectivity index (χ3n) is 7.57. The Morgan fingerprint density at radius 3 is 1.71 bits per heavy atom. The van der Waals surface area contributed by atoms with E-state index in [1.165, 1.54) is 51.4 Å². The minimum absolute atomic E-state index is 0.0489. The van der Waals surface area contributed by atoms with Gasteiger partial charge in [-0.15, -0.1) is 0 Å². The van der Waals surface area contributed by atoms with Gasteiger partial charge in [-0.1, -0.05) is 152 Å². The number of phosphoric acid groups is 1. The monoisotopic (exact) mass is 697 g/mol. The summed E-state index contributed by atoms with van der Waals surface area (Å²) in [6.07, 6.45) is 37.1. The van der Waals surface area contributed by atoms with Crippen molar-refractivity contribution in [2.24, 2.45) is 5.73 Å². The third-order valence-corrected chi connectivity index (χ3v) is 8.56. The molecule has 0 rings (SSSR count). The topological polar surface area (TPSA) is 134 Å². The van der Waals surface area contributed by atoms with Crippen LogP contribution in [0.1, 0.15) is 149 Å². The van der Waals surface area contributed by atoms with E-state index >= 15 is 0 Å². The van der Waals surface area contributed by atoms with Crippen LogP contribution in [0.3, 0.4) is 0 Å². The van der Waals surface area contributed by atoms with Crippen LogP contribution < -0.4 is 5.73 Å². The van der Waals surface area contributed by atoms with Crippen molar-refractivity contribution >= 4 is 19.8 Å². The second kappa shape index (κ2) is 34.8. The number of phosphoric ester groups is 1. The lowest BCUT2D eigenvalue weighted by atomic mass is 10.0. The first-order valence-electron chi connectivity index (χ1n) is 18.7. The predicted octanol–water partition coefficient (Wildman–Crippen LogP) is 9.99. The van der Waals surface area contributed by atoms with Crippen molar-refractivity contribution in [2.75, 3.05) is 26.4 Å². The van der Waals surface area contributed by atoms with Crippen LogP contribution in [0.15, 0.2) is 48.6 Å². The number of carbonyl (C=O) groups is 2. The van der Waals surface area contributed by atoms with Crippen LogP contribution in [-0.4, -0.2) is 49.3 Å². The first kappa shape index (κ1) is 46.0. The SMILES string of the molecule is CC/C=C/C=C/C=C/C=C/CCCCCCCC(=O)OC[C@H](COP(=O)(O)OCCN)OC(=O)CCCCCCCCCCCCCC. The van der Waals surface area contributed by atoms with Gasteiger partial charge in [0.25, 0.3) is 0 Å². The molecule has 0 heterocycles. The van der Waals surface area contributed by atoms with Crippen LogP contribution in [-0.2, 0) is 32.7 Å². The van der Waals surface area contributed by atoms with E-state index in [0.717, 1.165) is 57.8 Å². The summed E-state index contributed by atoms with van der Waals surface area (Å²) in [5.74, 6) is -0.859. The molecule has 0 aliphatic rings. The zero-order chi connectivity index (χ0) is 35.4. The predicted molar refractivity (Wildman–Crippen MR) is 196 cm³/mol. The van der Waals surface area contributed by atoms with Gasteiger partial charge in [0.1, 0.15) is 6.61 Å². The minimum Gasteiger partial charge on any atom is -0.462 e. The summed E-state index contributed by atoms with van der Waals surface area (Å²) < 4.78 is 32.6. The van der Waals surface area contributed by atoms with Crippen LogP contribution in [0.5, 0.6) is 0 Å². The zero-order valence-electron chi connectivity index (χ0n) is 30.2. The Morgan fingerprint density at radius 1 is 0.646 bits per heavy atom. The second-order valence-corrected chi connectivity index (χ2v) is 13.6. The molecule has 0 radical (unpaired) electrons. The van der Waals surface area contributed by atoms with Crippen molar-refractivity contribution in [3.05, 3.63) is 48.6 Å². The van der Waals surface area contributed by atoms with Crippen LogP contribution in [0.2, 0.25) is 0 Å². The van der Waals surface area contributed by atoms with Gasteiger partial charge in [0.05, 0.1) is 13.2 Å². The lowest BCUT2D eigenvalue weighted by Gasteiger charge is -2.19. The van der Waals surface area contributed by atoms with Crippen LogP contribution in [0, 0.1) is 0 Å². The summed E-state index contributed by atoms with van der Waals surface area (Å²) in [4.78, 5) is 34.7. The second-order valence-electron chi connectivity index (χ2n) is 12.2. The molecule has 48 heavy (non-hydrogen) atoms. The van der Waals surface area contributed by atoms with E-state index in [1.807, 2.05) is 30.4 Å². The van der Waals surface area contributed by atoms with Crippen LogP contribution in [0.25, 0.3) is 0 Å². The third kappa shape index (κ3) is 33.9. The molecule has 0 saturated carbocycles. The number of allylic oxidation sites excluding steroid dienone is 8. The number of ether oxygens (including phenoxy) is 2. The molecule has 0 bridgehead atoms. The van der Waals surface area contributed by atoms with E-state index in [2.05, 4.69) is 32.1 Å². The highest BCUT2D eigenvalue weighted by molar-refractivity contribution is 7.47. The zero-order valence-corrected chi connectivity index (χ0v) is 31.1. The van der Waals surface area contributed by atoms with Gasteiger partial charge in [0.15, 0.2) is 6.10 Å². The number of nitrogens with two attached hydrogens (primary N) is 1. The van der Waals surface area contributed by atoms with Crippen molar-refractivity contribution in [3.8, 4) is 0 Å². The first-order valence-corrected chi connectivity index (χ1v) is 20.2. The minimum atomic E-state index is -4.37. The maximum absolute atomic E-state index is 12.5. The molecule has 2 atom stereocenters. The highest BCUT2D eigenvalue weighted by Crippen LogP contribution is 2.43. The molecule has 9 nitrogen and oxygen atoms in total. The largest absolute Gasteiger partial charge is 0.472 e. The van der Waals surface area contributed by atoms with Gasteiger partial charge in [-0.2, -0.15) is 0 Å². The van der Waals surface area contributed by atoms with Crippen LogP contribution >= 0.6 is 7.82 Å². The Bertz CT molecular complexity index is 934. The Morgan fingerprint density at radius 2 is 1.15 bits per heavy atom. The fourth-order valence-corrected chi connectivity index (χ4v) is 5.59. The molecule has 0 spiro atoms. The molecular weight excluding hydrogens is 629 g/mol. The van der Waals surface area contributed by atoms with Crippen molar-refractivity contribution in [2.45, 2.75) is 155 Å². The Balaban J connectivity index is 4.28. The summed E-state index contributed by atoms with van der Waals surface area (Å²) in [5, 5.41) is 0. The number of unbranched alkanes of at least 4 members (excludes halogenated alkanes) is 16. The molecule has 0 saturated heterocycles. The standard InChI is InChI=1S/C38H68NO8P/c1-3-5-7-9-11-13-15-17-18-19-21-22-24-26-28-30-37(40)44-34-36(35-46-48(42,43)45-33-32-39)47-38(41)31-29-27-25-23-20-16-14-12-10-8-6-4-2/h5,7,9,11,13,15,17-18,36H,3-4,6,8,10,12,14,16,19-35,39H2,1-2H3,(H,42,43)/b7-5+,11-9+,15-13+,18-17+/t36-/m1/s1. The first-order chi connectivity index (χ1) is 23.3. The number of rotatable bonds is 34. The molecule has 0 aliphatic carbocycles. The Labute approximate surface area is 292 Å². The smallest absolute Gasteiger partial charge is 0.462 e. The van der Waals surface area contributed by atoms with E-state index < -0.39 is 32.5 Å². The lowest BCUT2D eigenvalue weighted by molar-refractivity contribution is -0.161. The summed E-state index contributed by atoms with van der Waals surface area (Å²) in [5.41, 5.74) is 5.32. The maximum Gasteiger partial charge on any atom is 0.472 e. The quantitative estimate of drug-likeness (QED) is 0.0291. The summed E-state index contributed by atoms with van der Waals surface area (Å²) in [7, 11) is -4.37. The van der Waals surface area contributed by atoms with Gasteiger partial charge < -0.3 is 20.1 Å². The average molecular weight is 698 g/mol. The van der Waals surface area contributed by atoms with E-state index in [-0.39, 0.29) is 32.6 Å². The Kier molecular flexibility index (Phi) is 33.3. The van der Waals surface area contributed by atoms with Crippen molar-refractivity contribution < 1.29 is 37.6 Å². The fourth-order valence-electron chi connectivity index (χ4n) is 4.82. The summed E-state index contributed by atoms with van der Waals surface area (Å²) in [6, 6.07) is 0. The Hall–Kier alpha value is -2.03. The van der Waals surface area contributed by atoms with E-state index in [4.69, 9.17) is 24.3 Å². The molecule has 0 aromatic heterocycles. The summed E-state index contributed by atoms with van der Waals surface area (Å²) in [6.45, 7) is 3.54. The van der Waals surface area contributed by atoms with Gasteiger partial charge >= 0.3 is 19.8 Å². The highest BCUT2D eigenvalue weighted by atomic mass is 31.2. The molecule has 0 aliphatic heterocycles. The average Bonchev–Trinajstić information content (AvgIpc) is 3.07. The van der Waals surface area contributed by atoms with Gasteiger partial charge in [0.2, 0.25) is 0 Å².